The van der Waals surface area contributed by atoms with Crippen molar-refractivity contribution in [2.24, 2.45) is 0 Å². The molecule has 3 aromatic rings. The molecule has 0 saturated carbocycles. The van der Waals surface area contributed by atoms with E-state index in [1.807, 2.05) is 36.4 Å². The summed E-state index contributed by atoms with van der Waals surface area (Å²) in [6.45, 7) is 1.60. The number of aromatic nitrogens is 2. The SMILES string of the molecule is Cc1nn(Cc2ccccc2)c(Cl)c1/C=C/C(=O)OCC(=O)N(CCC#N)c1ccccc1F. The molecule has 34 heavy (non-hydrogen) atoms. The maximum Gasteiger partial charge on any atom is 0.331 e. The molecular weight excluding hydrogens is 459 g/mol. The molecule has 7 nitrogen and oxygen atoms in total. The van der Waals surface area contributed by atoms with Crippen LogP contribution in [0.1, 0.15) is 23.2 Å². The predicted molar refractivity (Wildman–Crippen MR) is 126 cm³/mol. The van der Waals surface area contributed by atoms with Gasteiger partial charge >= 0.3 is 5.97 Å². The van der Waals surface area contributed by atoms with Crippen molar-refractivity contribution < 1.29 is 18.7 Å². The Morgan fingerprint density at radius 2 is 1.91 bits per heavy atom. The van der Waals surface area contributed by atoms with Crippen LogP contribution in [0.5, 0.6) is 0 Å². The summed E-state index contributed by atoms with van der Waals surface area (Å²) in [6, 6.07) is 17.3. The Balaban J connectivity index is 1.64. The third-order valence-corrected chi connectivity index (χ3v) is 5.30. The standard InChI is InChI=1S/C25H22ClFN4O3/c1-18-20(25(26)31(29-18)16-19-8-3-2-4-9-19)12-13-24(33)34-17-23(32)30(15-7-14-28)22-11-6-5-10-21(22)27/h2-6,8-13H,7,15-17H2,1H3/b13-12+. The summed E-state index contributed by atoms with van der Waals surface area (Å²) in [7, 11) is 0. The molecule has 0 aliphatic heterocycles. The van der Waals surface area contributed by atoms with Crippen molar-refractivity contribution in [2.45, 2.75) is 19.9 Å². The van der Waals surface area contributed by atoms with Gasteiger partial charge in [0.25, 0.3) is 5.91 Å². The van der Waals surface area contributed by atoms with Gasteiger partial charge in [0, 0.05) is 18.2 Å². The van der Waals surface area contributed by atoms with Gasteiger partial charge in [-0.1, -0.05) is 54.1 Å². The molecule has 2 aromatic carbocycles. The number of para-hydroxylation sites is 1. The maximum atomic E-state index is 14.1. The van der Waals surface area contributed by atoms with Crippen molar-refractivity contribution in [3.63, 3.8) is 0 Å². The van der Waals surface area contributed by atoms with Gasteiger partial charge in [0.15, 0.2) is 6.61 Å². The minimum Gasteiger partial charge on any atom is -0.452 e. The molecule has 1 amide bonds. The van der Waals surface area contributed by atoms with Gasteiger partial charge in [-0.15, -0.1) is 0 Å². The molecule has 0 aliphatic carbocycles. The first-order valence-corrected chi connectivity index (χ1v) is 10.8. The number of carbonyl (C=O) groups is 2. The van der Waals surface area contributed by atoms with Crippen LogP contribution in [0.15, 0.2) is 60.7 Å². The van der Waals surface area contributed by atoms with E-state index in [0.717, 1.165) is 16.5 Å². The molecule has 3 rings (SSSR count). The lowest BCUT2D eigenvalue weighted by Crippen LogP contribution is -2.36. The Bertz CT molecular complexity index is 1230. The van der Waals surface area contributed by atoms with Crippen molar-refractivity contribution in [3.05, 3.63) is 88.5 Å². The van der Waals surface area contributed by atoms with Crippen LogP contribution in [0.2, 0.25) is 5.15 Å². The summed E-state index contributed by atoms with van der Waals surface area (Å²) < 4.78 is 20.8. The summed E-state index contributed by atoms with van der Waals surface area (Å²) in [5, 5.41) is 13.6. The van der Waals surface area contributed by atoms with E-state index in [9.17, 15) is 14.0 Å². The van der Waals surface area contributed by atoms with Crippen LogP contribution >= 0.6 is 11.6 Å². The number of rotatable bonds is 9. The lowest BCUT2D eigenvalue weighted by atomic mass is 10.2. The molecule has 0 atom stereocenters. The first-order chi connectivity index (χ1) is 16.4. The van der Waals surface area contributed by atoms with Crippen LogP contribution in [0, 0.1) is 24.1 Å². The molecule has 0 fully saturated rings. The Labute approximate surface area is 201 Å². The van der Waals surface area contributed by atoms with E-state index >= 15 is 0 Å². The van der Waals surface area contributed by atoms with E-state index in [4.69, 9.17) is 21.6 Å². The van der Waals surface area contributed by atoms with Crippen LogP contribution < -0.4 is 4.90 Å². The number of nitrogens with zero attached hydrogens (tertiary/aromatic N) is 4. The van der Waals surface area contributed by atoms with Gasteiger partial charge < -0.3 is 9.64 Å². The molecule has 174 valence electrons. The number of aryl methyl sites for hydroxylation is 1. The fourth-order valence-corrected chi connectivity index (χ4v) is 3.54. The molecule has 0 unspecified atom stereocenters. The van der Waals surface area contributed by atoms with Gasteiger partial charge in [0.2, 0.25) is 0 Å². The van der Waals surface area contributed by atoms with Crippen molar-refractivity contribution in [1.82, 2.24) is 9.78 Å². The second-order valence-corrected chi connectivity index (χ2v) is 7.64. The molecule has 0 N–H and O–H groups in total. The monoisotopic (exact) mass is 480 g/mol. The average Bonchev–Trinajstić information content (AvgIpc) is 3.10. The number of benzene rings is 2. The van der Waals surface area contributed by atoms with E-state index in [2.05, 4.69) is 5.10 Å². The van der Waals surface area contributed by atoms with Crippen LogP contribution in [0.4, 0.5) is 10.1 Å². The highest BCUT2D eigenvalue weighted by Crippen LogP contribution is 2.23. The molecule has 1 heterocycles. The summed E-state index contributed by atoms with van der Waals surface area (Å²) in [5.41, 5.74) is 2.23. The number of anilines is 1. The smallest absolute Gasteiger partial charge is 0.331 e. The second kappa shape index (κ2) is 11.8. The molecule has 0 spiro atoms. The number of nitriles is 1. The summed E-state index contributed by atoms with van der Waals surface area (Å²) in [4.78, 5) is 25.9. The van der Waals surface area contributed by atoms with Crippen LogP contribution in [-0.4, -0.2) is 34.8 Å². The quantitative estimate of drug-likeness (QED) is 0.331. The van der Waals surface area contributed by atoms with Gasteiger partial charge in [0.1, 0.15) is 11.0 Å². The number of esters is 1. The fourth-order valence-electron chi connectivity index (χ4n) is 3.24. The van der Waals surface area contributed by atoms with E-state index in [0.29, 0.717) is 23.0 Å². The molecule has 0 radical (unpaired) electrons. The summed E-state index contributed by atoms with van der Waals surface area (Å²) in [5.74, 6) is -2.03. The van der Waals surface area contributed by atoms with Crippen LogP contribution in [-0.2, 0) is 20.9 Å². The van der Waals surface area contributed by atoms with Gasteiger partial charge in [-0.25, -0.2) is 13.9 Å². The molecule has 9 heteroatoms. The first-order valence-electron chi connectivity index (χ1n) is 10.4. The van der Waals surface area contributed by atoms with Crippen molar-refractivity contribution in [3.8, 4) is 6.07 Å². The fraction of sp³-hybridized carbons (Fsp3) is 0.200. The normalized spacial score (nSPS) is 10.8. The van der Waals surface area contributed by atoms with E-state index in [-0.39, 0.29) is 18.7 Å². The average molecular weight is 481 g/mol. The molecule has 0 bridgehead atoms. The zero-order valence-corrected chi connectivity index (χ0v) is 19.2. The number of carbonyl (C=O) groups excluding carboxylic acids is 2. The predicted octanol–water partition coefficient (Wildman–Crippen LogP) is 4.54. The summed E-state index contributed by atoms with van der Waals surface area (Å²) >= 11 is 6.44. The van der Waals surface area contributed by atoms with Gasteiger partial charge in [-0.05, 0) is 30.7 Å². The van der Waals surface area contributed by atoms with Gasteiger partial charge in [-0.2, -0.15) is 10.4 Å². The lowest BCUT2D eigenvalue weighted by molar-refractivity contribution is -0.142. The van der Waals surface area contributed by atoms with Crippen molar-refractivity contribution in [2.75, 3.05) is 18.1 Å². The Hall–Kier alpha value is -3.96. The van der Waals surface area contributed by atoms with E-state index < -0.39 is 24.3 Å². The maximum absolute atomic E-state index is 14.1. The Kier molecular flexibility index (Phi) is 8.54. The number of amides is 1. The second-order valence-electron chi connectivity index (χ2n) is 7.28. The highest BCUT2D eigenvalue weighted by atomic mass is 35.5. The Morgan fingerprint density at radius 1 is 1.21 bits per heavy atom. The largest absolute Gasteiger partial charge is 0.452 e. The zero-order valence-electron chi connectivity index (χ0n) is 18.4. The minimum absolute atomic E-state index is 0.00132. The van der Waals surface area contributed by atoms with Crippen LogP contribution in [0.25, 0.3) is 6.08 Å². The highest BCUT2D eigenvalue weighted by molar-refractivity contribution is 6.31. The van der Waals surface area contributed by atoms with E-state index in [1.165, 1.54) is 24.3 Å². The minimum atomic E-state index is -0.770. The van der Waals surface area contributed by atoms with E-state index in [1.54, 1.807) is 17.7 Å². The number of halogens is 2. The Morgan fingerprint density at radius 3 is 2.62 bits per heavy atom. The molecular formula is C25H22ClFN4O3. The number of hydrogen-bond acceptors (Lipinski definition) is 5. The third-order valence-electron chi connectivity index (χ3n) is 4.90. The zero-order chi connectivity index (χ0) is 24.5. The molecule has 0 aliphatic rings. The lowest BCUT2D eigenvalue weighted by Gasteiger charge is -2.21. The number of ether oxygens (including phenoxy) is 1. The third kappa shape index (κ3) is 6.30. The molecule has 0 saturated heterocycles. The van der Waals surface area contributed by atoms with Crippen molar-refractivity contribution >= 4 is 35.2 Å². The van der Waals surface area contributed by atoms with Crippen molar-refractivity contribution in [1.29, 1.82) is 5.26 Å². The summed E-state index contributed by atoms with van der Waals surface area (Å²) in [6.07, 6.45) is 2.63. The van der Waals surface area contributed by atoms with Gasteiger partial charge in [-0.3, -0.25) is 4.79 Å². The van der Waals surface area contributed by atoms with Gasteiger partial charge in [0.05, 0.1) is 30.4 Å². The molecule has 1 aromatic heterocycles. The highest BCUT2D eigenvalue weighted by Gasteiger charge is 2.20. The van der Waals surface area contributed by atoms with Crippen LogP contribution in [0.3, 0.4) is 0 Å². The first kappa shape index (κ1) is 24.7. The topological polar surface area (TPSA) is 88.2 Å². The number of hydrogen-bond donors (Lipinski definition) is 0.